The second-order valence-corrected chi connectivity index (χ2v) is 5.38. The van der Waals surface area contributed by atoms with Crippen LogP contribution in [-0.2, 0) is 4.79 Å². The van der Waals surface area contributed by atoms with Crippen LogP contribution in [0.4, 0.5) is 0 Å². The first-order valence-corrected chi connectivity index (χ1v) is 7.76. The first-order chi connectivity index (χ1) is 9.51. The topological polar surface area (TPSA) is 56.7 Å². The zero-order valence-corrected chi connectivity index (χ0v) is 13.8. The van der Waals surface area contributed by atoms with Gasteiger partial charge in [0.05, 0.1) is 0 Å². The maximum atomic E-state index is 11.5. The summed E-state index contributed by atoms with van der Waals surface area (Å²) in [6.07, 6.45) is 6.22. The molecule has 0 aliphatic heterocycles. The molecule has 118 valence electrons. The van der Waals surface area contributed by atoms with Crippen LogP contribution in [0.2, 0.25) is 0 Å². The van der Waals surface area contributed by atoms with E-state index < -0.39 is 0 Å². The van der Waals surface area contributed by atoms with E-state index in [1.807, 2.05) is 6.92 Å². The van der Waals surface area contributed by atoms with E-state index in [1.54, 1.807) is 19.0 Å². The van der Waals surface area contributed by atoms with Crippen LogP contribution in [0.15, 0.2) is 4.99 Å². The number of nitrogens with zero attached hydrogens (tertiary/aromatic N) is 2. The maximum absolute atomic E-state index is 11.5. The molecule has 1 atom stereocenters. The highest BCUT2D eigenvalue weighted by Crippen LogP contribution is 2.05. The van der Waals surface area contributed by atoms with E-state index in [9.17, 15) is 4.79 Å². The number of amides is 1. The summed E-state index contributed by atoms with van der Waals surface area (Å²) >= 11 is 0. The molecule has 0 spiro atoms. The van der Waals surface area contributed by atoms with E-state index in [0.717, 1.165) is 18.9 Å². The lowest BCUT2D eigenvalue weighted by atomic mass is 10.1. The average Bonchev–Trinajstić information content (AvgIpc) is 2.40. The fourth-order valence-corrected chi connectivity index (χ4v) is 1.79. The van der Waals surface area contributed by atoms with Crippen molar-refractivity contribution in [3.63, 3.8) is 0 Å². The third-order valence-electron chi connectivity index (χ3n) is 3.09. The highest BCUT2D eigenvalue weighted by atomic mass is 16.2. The van der Waals surface area contributed by atoms with Gasteiger partial charge in [0, 0.05) is 26.7 Å². The molecule has 0 heterocycles. The van der Waals surface area contributed by atoms with Gasteiger partial charge in [-0.05, 0) is 20.3 Å². The Morgan fingerprint density at radius 1 is 1.20 bits per heavy atom. The van der Waals surface area contributed by atoms with Crippen LogP contribution >= 0.6 is 0 Å². The monoisotopic (exact) mass is 284 g/mol. The summed E-state index contributed by atoms with van der Waals surface area (Å²) in [4.78, 5) is 17.4. The fourth-order valence-electron chi connectivity index (χ4n) is 1.79. The van der Waals surface area contributed by atoms with Gasteiger partial charge in [0.1, 0.15) is 6.54 Å². The Morgan fingerprint density at radius 3 is 2.45 bits per heavy atom. The highest BCUT2D eigenvalue weighted by molar-refractivity contribution is 5.84. The van der Waals surface area contributed by atoms with E-state index in [-0.39, 0.29) is 12.5 Å². The molecule has 0 aromatic rings. The number of unbranched alkanes of at least 4 members (excludes halogenated alkanes) is 3. The molecule has 0 saturated carbocycles. The van der Waals surface area contributed by atoms with Crippen molar-refractivity contribution < 1.29 is 4.79 Å². The number of hydrogen-bond acceptors (Lipinski definition) is 2. The quantitative estimate of drug-likeness (QED) is 0.387. The minimum absolute atomic E-state index is 0.0119. The van der Waals surface area contributed by atoms with Gasteiger partial charge in [-0.3, -0.25) is 4.79 Å². The molecule has 0 aromatic carbocycles. The first kappa shape index (κ1) is 18.7. The zero-order chi connectivity index (χ0) is 15.4. The van der Waals surface area contributed by atoms with Crippen molar-refractivity contribution in [3.05, 3.63) is 0 Å². The Bertz CT molecular complexity index is 290. The Kier molecular flexibility index (Phi) is 10.8. The number of carbonyl (C=O) groups is 1. The molecule has 0 aliphatic carbocycles. The SMILES string of the molecule is CCCCCCC(C)NC(=NCC(=O)N(C)C)NCC. The minimum Gasteiger partial charge on any atom is -0.357 e. The molecular weight excluding hydrogens is 252 g/mol. The summed E-state index contributed by atoms with van der Waals surface area (Å²) in [7, 11) is 3.49. The second-order valence-electron chi connectivity index (χ2n) is 5.38. The number of carbonyl (C=O) groups excluding carboxylic acids is 1. The van der Waals surface area contributed by atoms with Gasteiger partial charge in [-0.15, -0.1) is 0 Å². The lowest BCUT2D eigenvalue weighted by Gasteiger charge is -2.18. The summed E-state index contributed by atoms with van der Waals surface area (Å²) < 4.78 is 0. The van der Waals surface area contributed by atoms with Gasteiger partial charge in [0.15, 0.2) is 5.96 Å². The molecule has 1 unspecified atom stereocenters. The molecule has 0 aliphatic rings. The van der Waals surface area contributed by atoms with Gasteiger partial charge in [0.25, 0.3) is 0 Å². The van der Waals surface area contributed by atoms with Crippen LogP contribution in [0.3, 0.4) is 0 Å². The summed E-state index contributed by atoms with van der Waals surface area (Å²) in [5, 5.41) is 6.53. The Morgan fingerprint density at radius 2 is 1.90 bits per heavy atom. The average molecular weight is 284 g/mol. The van der Waals surface area contributed by atoms with E-state index in [1.165, 1.54) is 25.7 Å². The Labute approximate surface area is 124 Å². The van der Waals surface area contributed by atoms with Crippen molar-refractivity contribution in [2.75, 3.05) is 27.2 Å². The Balaban J connectivity index is 4.17. The molecule has 5 heteroatoms. The smallest absolute Gasteiger partial charge is 0.243 e. The van der Waals surface area contributed by atoms with Crippen molar-refractivity contribution in [1.29, 1.82) is 0 Å². The predicted molar refractivity (Wildman–Crippen MR) is 86.0 cm³/mol. The summed E-state index contributed by atoms with van der Waals surface area (Å²) in [5.41, 5.74) is 0. The molecule has 0 fully saturated rings. The Hall–Kier alpha value is -1.26. The molecular formula is C15H32N4O. The fraction of sp³-hybridized carbons (Fsp3) is 0.867. The van der Waals surface area contributed by atoms with Gasteiger partial charge >= 0.3 is 0 Å². The van der Waals surface area contributed by atoms with Gasteiger partial charge in [-0.1, -0.05) is 32.6 Å². The molecule has 5 nitrogen and oxygen atoms in total. The number of aliphatic imine (C=N–C) groups is 1. The summed E-state index contributed by atoms with van der Waals surface area (Å²) in [6.45, 7) is 7.39. The van der Waals surface area contributed by atoms with Crippen LogP contribution in [0.1, 0.15) is 52.9 Å². The lowest BCUT2D eigenvalue weighted by molar-refractivity contribution is -0.127. The third-order valence-corrected chi connectivity index (χ3v) is 3.09. The van der Waals surface area contributed by atoms with Crippen molar-refractivity contribution >= 4 is 11.9 Å². The van der Waals surface area contributed by atoms with Crippen LogP contribution in [-0.4, -0.2) is 50.0 Å². The predicted octanol–water partition coefficient (Wildman–Crippen LogP) is 1.99. The van der Waals surface area contributed by atoms with Gasteiger partial charge < -0.3 is 15.5 Å². The highest BCUT2D eigenvalue weighted by Gasteiger charge is 2.07. The zero-order valence-electron chi connectivity index (χ0n) is 13.8. The van der Waals surface area contributed by atoms with Crippen molar-refractivity contribution in [2.45, 2.75) is 58.9 Å². The number of hydrogen-bond donors (Lipinski definition) is 2. The van der Waals surface area contributed by atoms with E-state index in [4.69, 9.17) is 0 Å². The minimum atomic E-state index is 0.0119. The number of nitrogens with one attached hydrogen (secondary N) is 2. The van der Waals surface area contributed by atoms with Gasteiger partial charge in [-0.25, -0.2) is 4.99 Å². The molecule has 20 heavy (non-hydrogen) atoms. The molecule has 0 saturated heterocycles. The lowest BCUT2D eigenvalue weighted by Crippen LogP contribution is -2.42. The standard InChI is InChI=1S/C15H32N4O/c1-6-8-9-10-11-13(3)18-15(16-7-2)17-12-14(20)19(4)5/h13H,6-12H2,1-5H3,(H2,16,17,18). The summed E-state index contributed by atoms with van der Waals surface area (Å²) in [6, 6.07) is 0.374. The van der Waals surface area contributed by atoms with Crippen LogP contribution in [0.25, 0.3) is 0 Å². The van der Waals surface area contributed by atoms with Crippen molar-refractivity contribution in [3.8, 4) is 0 Å². The molecule has 0 aromatic heterocycles. The molecule has 0 bridgehead atoms. The molecule has 0 radical (unpaired) electrons. The van der Waals surface area contributed by atoms with Crippen molar-refractivity contribution in [2.24, 2.45) is 4.99 Å². The number of guanidine groups is 1. The van der Waals surface area contributed by atoms with Crippen LogP contribution in [0, 0.1) is 0 Å². The number of rotatable bonds is 9. The van der Waals surface area contributed by atoms with Crippen molar-refractivity contribution in [1.82, 2.24) is 15.5 Å². The second kappa shape index (κ2) is 11.6. The maximum Gasteiger partial charge on any atom is 0.243 e. The largest absolute Gasteiger partial charge is 0.357 e. The molecule has 1 amide bonds. The van der Waals surface area contributed by atoms with Crippen LogP contribution in [0.5, 0.6) is 0 Å². The third kappa shape index (κ3) is 9.64. The van der Waals surface area contributed by atoms with E-state index >= 15 is 0 Å². The van der Waals surface area contributed by atoms with Crippen LogP contribution < -0.4 is 10.6 Å². The summed E-state index contributed by atoms with van der Waals surface area (Å²) in [5.74, 6) is 0.739. The number of likely N-dealkylation sites (N-methyl/N-ethyl adjacent to an activating group) is 1. The first-order valence-electron chi connectivity index (χ1n) is 7.76. The van der Waals surface area contributed by atoms with Gasteiger partial charge in [0.2, 0.25) is 5.91 Å². The molecule has 2 N–H and O–H groups in total. The normalized spacial score (nSPS) is 12.9. The van der Waals surface area contributed by atoms with E-state index in [0.29, 0.717) is 6.04 Å². The molecule has 0 rings (SSSR count). The van der Waals surface area contributed by atoms with E-state index in [2.05, 4.69) is 29.5 Å². The van der Waals surface area contributed by atoms with Gasteiger partial charge in [-0.2, -0.15) is 0 Å².